The molecule has 1 aliphatic rings. The van der Waals surface area contributed by atoms with Crippen molar-refractivity contribution >= 4 is 11.9 Å². The molecular formula is C12H22N6O2. The third-order valence-corrected chi connectivity index (χ3v) is 3.78. The Balaban J connectivity index is 2.07. The van der Waals surface area contributed by atoms with Crippen LogP contribution in [0.15, 0.2) is 0 Å². The lowest BCUT2D eigenvalue weighted by atomic mass is 9.64. The van der Waals surface area contributed by atoms with Crippen LogP contribution < -0.4 is 21.3 Å². The number of hydrazine groups is 1. The van der Waals surface area contributed by atoms with Crippen LogP contribution in [0.2, 0.25) is 0 Å². The number of nitrogens with two attached hydrogens (primary N) is 1. The van der Waals surface area contributed by atoms with Gasteiger partial charge < -0.3 is 14.8 Å². The molecule has 8 nitrogen and oxygen atoms in total. The van der Waals surface area contributed by atoms with Crippen molar-refractivity contribution in [3.05, 3.63) is 0 Å². The number of rotatable bonds is 6. The quantitative estimate of drug-likeness (QED) is 0.519. The number of nitrogens with one attached hydrogen (secondary N) is 2. The van der Waals surface area contributed by atoms with Crippen molar-refractivity contribution in [1.29, 1.82) is 0 Å². The van der Waals surface area contributed by atoms with Gasteiger partial charge in [0.2, 0.25) is 11.9 Å². The number of ether oxygens (including phenoxy) is 2. The second kappa shape index (κ2) is 5.76. The van der Waals surface area contributed by atoms with Crippen LogP contribution >= 0.6 is 0 Å². The minimum atomic E-state index is 0.0200. The smallest absolute Gasteiger partial charge is 0.322 e. The molecule has 20 heavy (non-hydrogen) atoms. The highest BCUT2D eigenvalue weighted by molar-refractivity contribution is 5.37. The summed E-state index contributed by atoms with van der Waals surface area (Å²) in [6.07, 6.45) is 1.17. The first-order valence-electron chi connectivity index (χ1n) is 6.66. The molecule has 0 bridgehead atoms. The van der Waals surface area contributed by atoms with Crippen LogP contribution in [0.25, 0.3) is 0 Å². The molecule has 0 amide bonds. The van der Waals surface area contributed by atoms with E-state index in [1.54, 1.807) is 0 Å². The van der Waals surface area contributed by atoms with Crippen LogP contribution in [-0.2, 0) is 4.74 Å². The number of hydrogen-bond acceptors (Lipinski definition) is 8. The first-order valence-corrected chi connectivity index (χ1v) is 6.66. The molecule has 1 aromatic rings. The summed E-state index contributed by atoms with van der Waals surface area (Å²) in [5.74, 6) is 6.03. The minimum Gasteiger partial charge on any atom is -0.467 e. The molecule has 0 spiro atoms. The highest BCUT2D eigenvalue weighted by Crippen LogP contribution is 2.44. The first kappa shape index (κ1) is 14.7. The van der Waals surface area contributed by atoms with Crippen LogP contribution in [0.4, 0.5) is 11.9 Å². The minimum absolute atomic E-state index is 0.0200. The zero-order chi connectivity index (χ0) is 14.8. The Morgan fingerprint density at radius 3 is 2.55 bits per heavy atom. The first-order chi connectivity index (χ1) is 9.51. The topological polar surface area (TPSA) is 107 Å². The molecule has 1 saturated carbocycles. The predicted octanol–water partition coefficient (Wildman–Crippen LogP) is 0.781. The molecule has 1 aliphatic carbocycles. The van der Waals surface area contributed by atoms with Gasteiger partial charge in [-0.2, -0.15) is 15.0 Å². The Bertz CT molecular complexity index is 445. The van der Waals surface area contributed by atoms with Gasteiger partial charge in [-0.1, -0.05) is 13.8 Å². The van der Waals surface area contributed by atoms with Gasteiger partial charge in [-0.25, -0.2) is 5.84 Å². The summed E-state index contributed by atoms with van der Waals surface area (Å²) in [6, 6.07) is 0.450. The molecule has 8 heteroatoms. The number of nitrogen functional groups attached to an aromatic ring is 1. The lowest BCUT2D eigenvalue weighted by Gasteiger charge is -2.51. The number of methoxy groups -OCH3 is 1. The van der Waals surface area contributed by atoms with Crippen molar-refractivity contribution in [2.24, 2.45) is 11.3 Å². The molecule has 2 rings (SSSR count). The Hall–Kier alpha value is -1.67. The fraction of sp³-hybridized carbons (Fsp3) is 0.750. The zero-order valence-corrected chi connectivity index (χ0v) is 12.3. The van der Waals surface area contributed by atoms with Gasteiger partial charge in [0.25, 0.3) is 0 Å². The van der Waals surface area contributed by atoms with E-state index in [-0.39, 0.29) is 29.5 Å². The van der Waals surface area contributed by atoms with E-state index in [1.165, 1.54) is 7.11 Å². The molecule has 0 aromatic carbocycles. The van der Waals surface area contributed by atoms with E-state index in [2.05, 4.69) is 39.5 Å². The van der Waals surface area contributed by atoms with Crippen molar-refractivity contribution in [1.82, 2.24) is 15.0 Å². The molecule has 4 N–H and O–H groups in total. The van der Waals surface area contributed by atoms with Gasteiger partial charge in [0.15, 0.2) is 0 Å². The molecular weight excluding hydrogens is 260 g/mol. The Morgan fingerprint density at radius 1 is 1.30 bits per heavy atom. The largest absolute Gasteiger partial charge is 0.467 e. The van der Waals surface area contributed by atoms with Crippen molar-refractivity contribution in [2.45, 2.75) is 39.3 Å². The summed E-state index contributed by atoms with van der Waals surface area (Å²) < 4.78 is 10.7. The summed E-state index contributed by atoms with van der Waals surface area (Å²) in [5.41, 5.74) is 2.41. The maximum absolute atomic E-state index is 5.70. The third kappa shape index (κ3) is 2.75. The van der Waals surface area contributed by atoms with Gasteiger partial charge in [-0.15, -0.1) is 0 Å². The van der Waals surface area contributed by atoms with Gasteiger partial charge in [0.05, 0.1) is 13.2 Å². The number of nitrogens with zero attached hydrogens (tertiary/aromatic N) is 3. The molecule has 2 atom stereocenters. The average molecular weight is 282 g/mol. The van der Waals surface area contributed by atoms with Crippen molar-refractivity contribution in [3.63, 3.8) is 0 Å². The summed E-state index contributed by atoms with van der Waals surface area (Å²) >= 11 is 0. The maximum Gasteiger partial charge on any atom is 0.322 e. The van der Waals surface area contributed by atoms with Gasteiger partial charge in [0, 0.05) is 18.1 Å². The van der Waals surface area contributed by atoms with Crippen molar-refractivity contribution in [2.75, 3.05) is 24.5 Å². The van der Waals surface area contributed by atoms with Crippen LogP contribution in [0.3, 0.4) is 0 Å². The van der Waals surface area contributed by atoms with Gasteiger partial charge in [0.1, 0.15) is 0 Å². The fourth-order valence-corrected chi connectivity index (χ4v) is 2.35. The Kier molecular flexibility index (Phi) is 4.24. The van der Waals surface area contributed by atoms with Gasteiger partial charge in [-0.3, -0.25) is 5.43 Å². The number of anilines is 2. The fourth-order valence-electron chi connectivity index (χ4n) is 2.35. The second-order valence-corrected chi connectivity index (χ2v) is 5.31. The van der Waals surface area contributed by atoms with Gasteiger partial charge >= 0.3 is 6.01 Å². The van der Waals surface area contributed by atoms with E-state index in [1.807, 2.05) is 6.92 Å². The summed E-state index contributed by atoms with van der Waals surface area (Å²) in [7, 11) is 1.50. The molecule has 0 aliphatic heterocycles. The normalized spacial score (nSPS) is 23.9. The van der Waals surface area contributed by atoms with E-state index >= 15 is 0 Å². The standard InChI is InChI=1S/C12H22N6O2/c1-5-20-8-6-7(12(8,2)3)14-9-15-10(18-13)17-11(16-9)19-4/h7-8H,5-6,13H2,1-4H3,(H2,14,15,16,17,18). The molecule has 112 valence electrons. The van der Waals surface area contributed by atoms with Crippen LogP contribution in [0.1, 0.15) is 27.2 Å². The summed E-state index contributed by atoms with van der Waals surface area (Å²) in [5, 5.41) is 3.29. The second-order valence-electron chi connectivity index (χ2n) is 5.31. The zero-order valence-electron chi connectivity index (χ0n) is 12.3. The van der Waals surface area contributed by atoms with Crippen LogP contribution in [-0.4, -0.2) is 40.8 Å². The summed E-state index contributed by atoms with van der Waals surface area (Å²) in [6.45, 7) is 7.05. The van der Waals surface area contributed by atoms with Crippen LogP contribution in [0.5, 0.6) is 6.01 Å². The average Bonchev–Trinajstić information content (AvgIpc) is 2.45. The number of aromatic nitrogens is 3. The van der Waals surface area contributed by atoms with E-state index in [0.29, 0.717) is 5.95 Å². The maximum atomic E-state index is 5.70. The van der Waals surface area contributed by atoms with E-state index in [9.17, 15) is 0 Å². The molecule has 2 unspecified atom stereocenters. The molecule has 0 saturated heterocycles. The van der Waals surface area contributed by atoms with Crippen LogP contribution in [0, 0.1) is 5.41 Å². The number of hydrogen-bond donors (Lipinski definition) is 3. The van der Waals surface area contributed by atoms with Gasteiger partial charge in [-0.05, 0) is 13.3 Å². The van der Waals surface area contributed by atoms with Crippen molar-refractivity contribution in [3.8, 4) is 6.01 Å². The highest BCUT2D eigenvalue weighted by Gasteiger charge is 2.49. The molecule has 1 aromatic heterocycles. The third-order valence-electron chi connectivity index (χ3n) is 3.78. The van der Waals surface area contributed by atoms with E-state index in [4.69, 9.17) is 15.3 Å². The summed E-state index contributed by atoms with van der Waals surface area (Å²) in [4.78, 5) is 12.3. The lowest BCUT2D eigenvalue weighted by molar-refractivity contribution is -0.0977. The molecule has 0 radical (unpaired) electrons. The Labute approximate surface area is 118 Å². The molecule has 1 fully saturated rings. The predicted molar refractivity (Wildman–Crippen MR) is 75.4 cm³/mol. The Morgan fingerprint density at radius 2 is 2.00 bits per heavy atom. The molecule has 1 heterocycles. The highest BCUT2D eigenvalue weighted by atomic mass is 16.5. The monoisotopic (exact) mass is 282 g/mol. The van der Waals surface area contributed by atoms with E-state index in [0.717, 1.165) is 13.0 Å². The lowest BCUT2D eigenvalue weighted by Crippen LogP contribution is -2.58. The van der Waals surface area contributed by atoms with Crippen molar-refractivity contribution < 1.29 is 9.47 Å². The SMILES string of the molecule is CCOC1CC(Nc2nc(NN)nc(OC)n2)C1(C)C. The van der Waals surface area contributed by atoms with E-state index < -0.39 is 0 Å².